The second-order valence-electron chi connectivity index (χ2n) is 2.34. The molecule has 1 aromatic rings. The number of nitrogens with one attached hydrogen (secondary N) is 1. The van der Waals surface area contributed by atoms with E-state index in [9.17, 15) is 0 Å². The molecule has 12 heavy (non-hydrogen) atoms. The lowest BCUT2D eigenvalue weighted by Crippen LogP contribution is -2.13. The van der Waals surface area contributed by atoms with Crippen molar-refractivity contribution >= 4 is 37.5 Å². The van der Waals surface area contributed by atoms with Crippen LogP contribution in [0.2, 0.25) is 0 Å². The Bertz CT molecular complexity index is 263. The molecule has 0 unspecified atom stereocenters. The van der Waals surface area contributed by atoms with Crippen LogP contribution in [-0.2, 0) is 0 Å². The number of hydrogen-bond donors (Lipinski definition) is 2. The number of halogens is 2. The van der Waals surface area contributed by atoms with Crippen LogP contribution < -0.4 is 11.1 Å². The van der Waals surface area contributed by atoms with E-state index in [1.165, 1.54) is 0 Å². The molecule has 66 valence electrons. The maximum Gasteiger partial charge on any atom is 0.0496 e. The summed E-state index contributed by atoms with van der Waals surface area (Å²) in [6, 6.07) is 5.99. The lowest BCUT2D eigenvalue weighted by atomic mass is 10.3. The molecule has 0 atom stereocenters. The summed E-state index contributed by atoms with van der Waals surface area (Å²) in [4.78, 5) is 0. The molecule has 0 radical (unpaired) electrons. The molecule has 3 N–H and O–H groups in total. The molecule has 0 bridgehead atoms. The molecule has 0 saturated carbocycles. The highest BCUT2D eigenvalue weighted by atomic mass is 79.9. The van der Waals surface area contributed by atoms with Crippen molar-refractivity contribution in [3.63, 3.8) is 0 Å². The van der Waals surface area contributed by atoms with Crippen LogP contribution in [0.15, 0.2) is 27.1 Å². The van der Waals surface area contributed by atoms with Gasteiger partial charge >= 0.3 is 0 Å². The molecule has 0 aromatic heterocycles. The summed E-state index contributed by atoms with van der Waals surface area (Å²) >= 11 is 6.83. The van der Waals surface area contributed by atoms with E-state index in [0.29, 0.717) is 6.54 Å². The van der Waals surface area contributed by atoms with Gasteiger partial charge in [0, 0.05) is 27.7 Å². The van der Waals surface area contributed by atoms with E-state index in [4.69, 9.17) is 5.73 Å². The zero-order chi connectivity index (χ0) is 8.97. The lowest BCUT2D eigenvalue weighted by Gasteiger charge is -2.06. The van der Waals surface area contributed by atoms with Crippen LogP contribution in [0.5, 0.6) is 0 Å². The van der Waals surface area contributed by atoms with E-state index in [0.717, 1.165) is 21.2 Å². The van der Waals surface area contributed by atoms with Gasteiger partial charge in [-0.3, -0.25) is 0 Å². The monoisotopic (exact) mass is 292 g/mol. The molecule has 0 aliphatic heterocycles. The van der Waals surface area contributed by atoms with Crippen molar-refractivity contribution in [2.45, 2.75) is 0 Å². The fourth-order valence-electron chi connectivity index (χ4n) is 0.840. The Morgan fingerprint density at radius 3 is 2.75 bits per heavy atom. The van der Waals surface area contributed by atoms with Gasteiger partial charge in [-0.2, -0.15) is 0 Å². The Morgan fingerprint density at radius 1 is 1.33 bits per heavy atom. The summed E-state index contributed by atoms with van der Waals surface area (Å²) in [7, 11) is 0. The SMILES string of the molecule is NCCNc1cc(Br)ccc1Br. The normalized spacial score (nSPS) is 9.92. The molecule has 1 aromatic carbocycles. The largest absolute Gasteiger partial charge is 0.383 e. The summed E-state index contributed by atoms with van der Waals surface area (Å²) in [5, 5.41) is 3.20. The lowest BCUT2D eigenvalue weighted by molar-refractivity contribution is 1.02. The number of rotatable bonds is 3. The standard InChI is InChI=1S/C8H10Br2N2/c9-6-1-2-7(10)8(5-6)12-4-3-11/h1-2,5,12H,3-4,11H2. The van der Waals surface area contributed by atoms with Gasteiger partial charge in [0.2, 0.25) is 0 Å². The number of nitrogens with two attached hydrogens (primary N) is 1. The molecular weight excluding hydrogens is 284 g/mol. The highest BCUT2D eigenvalue weighted by molar-refractivity contribution is 9.11. The van der Waals surface area contributed by atoms with Crippen LogP contribution in [0, 0.1) is 0 Å². The molecule has 2 nitrogen and oxygen atoms in total. The van der Waals surface area contributed by atoms with E-state index in [2.05, 4.69) is 37.2 Å². The van der Waals surface area contributed by atoms with Crippen molar-refractivity contribution in [3.8, 4) is 0 Å². The summed E-state index contributed by atoms with van der Waals surface area (Å²) in [5.41, 5.74) is 6.44. The Labute approximate surface area is 88.8 Å². The van der Waals surface area contributed by atoms with Gasteiger partial charge in [-0.05, 0) is 34.1 Å². The van der Waals surface area contributed by atoms with E-state index in [-0.39, 0.29) is 0 Å². The summed E-state index contributed by atoms with van der Waals surface area (Å²) < 4.78 is 2.12. The molecular formula is C8H10Br2N2. The summed E-state index contributed by atoms with van der Waals surface area (Å²) in [5.74, 6) is 0. The van der Waals surface area contributed by atoms with Gasteiger partial charge in [0.25, 0.3) is 0 Å². The van der Waals surface area contributed by atoms with E-state index < -0.39 is 0 Å². The zero-order valence-electron chi connectivity index (χ0n) is 6.48. The molecule has 0 fully saturated rings. The maximum absolute atomic E-state index is 5.37. The van der Waals surface area contributed by atoms with Crippen molar-refractivity contribution in [1.82, 2.24) is 0 Å². The van der Waals surface area contributed by atoms with Gasteiger partial charge in [-0.1, -0.05) is 15.9 Å². The van der Waals surface area contributed by atoms with Gasteiger partial charge < -0.3 is 11.1 Å². The van der Waals surface area contributed by atoms with Gasteiger partial charge in [0.05, 0.1) is 0 Å². The number of anilines is 1. The molecule has 0 heterocycles. The highest BCUT2D eigenvalue weighted by Gasteiger charge is 1.98. The van der Waals surface area contributed by atoms with Gasteiger partial charge in [0.1, 0.15) is 0 Å². The second-order valence-corrected chi connectivity index (χ2v) is 4.11. The Balaban J connectivity index is 2.75. The number of benzene rings is 1. The second kappa shape index (κ2) is 4.84. The topological polar surface area (TPSA) is 38.0 Å². The van der Waals surface area contributed by atoms with Crippen LogP contribution >= 0.6 is 31.9 Å². The van der Waals surface area contributed by atoms with Crippen LogP contribution in [0.4, 0.5) is 5.69 Å². The molecule has 0 saturated heterocycles. The predicted octanol–water partition coefficient (Wildman–Crippen LogP) is 2.58. The maximum atomic E-state index is 5.37. The molecule has 0 spiro atoms. The summed E-state index contributed by atoms with van der Waals surface area (Å²) in [6.45, 7) is 1.42. The fourth-order valence-corrected chi connectivity index (χ4v) is 1.59. The Morgan fingerprint density at radius 2 is 2.08 bits per heavy atom. The third kappa shape index (κ3) is 2.77. The third-order valence-electron chi connectivity index (χ3n) is 1.39. The average Bonchev–Trinajstić information content (AvgIpc) is 2.07. The van der Waals surface area contributed by atoms with Crippen molar-refractivity contribution in [2.24, 2.45) is 5.73 Å². The van der Waals surface area contributed by atoms with Crippen molar-refractivity contribution in [3.05, 3.63) is 27.1 Å². The first-order chi connectivity index (χ1) is 5.74. The van der Waals surface area contributed by atoms with Crippen molar-refractivity contribution in [2.75, 3.05) is 18.4 Å². The first-order valence-electron chi connectivity index (χ1n) is 3.63. The van der Waals surface area contributed by atoms with E-state index in [1.807, 2.05) is 18.2 Å². The quantitative estimate of drug-likeness (QED) is 0.899. The van der Waals surface area contributed by atoms with Crippen LogP contribution in [0.3, 0.4) is 0 Å². The molecule has 4 heteroatoms. The van der Waals surface area contributed by atoms with Crippen molar-refractivity contribution in [1.29, 1.82) is 0 Å². The van der Waals surface area contributed by atoms with Crippen LogP contribution in [0.25, 0.3) is 0 Å². The fraction of sp³-hybridized carbons (Fsp3) is 0.250. The van der Waals surface area contributed by atoms with Gasteiger partial charge in [-0.15, -0.1) is 0 Å². The van der Waals surface area contributed by atoms with Crippen LogP contribution in [0.1, 0.15) is 0 Å². The first-order valence-corrected chi connectivity index (χ1v) is 5.21. The van der Waals surface area contributed by atoms with E-state index in [1.54, 1.807) is 0 Å². The number of hydrogen-bond acceptors (Lipinski definition) is 2. The third-order valence-corrected chi connectivity index (χ3v) is 2.57. The van der Waals surface area contributed by atoms with E-state index >= 15 is 0 Å². The minimum absolute atomic E-state index is 0.638. The highest BCUT2D eigenvalue weighted by Crippen LogP contribution is 2.25. The summed E-state index contributed by atoms with van der Waals surface area (Å²) in [6.07, 6.45) is 0. The minimum Gasteiger partial charge on any atom is -0.383 e. The smallest absolute Gasteiger partial charge is 0.0496 e. The predicted molar refractivity (Wildman–Crippen MR) is 59.4 cm³/mol. The zero-order valence-corrected chi connectivity index (χ0v) is 9.65. The Kier molecular flexibility index (Phi) is 4.05. The van der Waals surface area contributed by atoms with Gasteiger partial charge in [0.15, 0.2) is 0 Å². The first kappa shape index (κ1) is 10.0. The molecule has 0 aliphatic carbocycles. The molecule has 0 amide bonds. The van der Waals surface area contributed by atoms with Gasteiger partial charge in [-0.25, -0.2) is 0 Å². The minimum atomic E-state index is 0.638. The molecule has 0 aliphatic rings. The Hall–Kier alpha value is -0.0600. The van der Waals surface area contributed by atoms with Crippen molar-refractivity contribution < 1.29 is 0 Å². The average molecular weight is 294 g/mol. The molecule has 1 rings (SSSR count). The van der Waals surface area contributed by atoms with Crippen LogP contribution in [-0.4, -0.2) is 13.1 Å².